The van der Waals surface area contributed by atoms with Crippen molar-refractivity contribution < 1.29 is 0 Å². The summed E-state index contributed by atoms with van der Waals surface area (Å²) < 4.78 is 2.02. The second-order valence-corrected chi connectivity index (χ2v) is 5.35. The summed E-state index contributed by atoms with van der Waals surface area (Å²) in [6, 6.07) is 12.5. The summed E-state index contributed by atoms with van der Waals surface area (Å²) in [5.41, 5.74) is 5.45. The molecule has 0 fully saturated rings. The maximum absolute atomic E-state index is 4.57. The van der Waals surface area contributed by atoms with E-state index >= 15 is 0 Å². The maximum atomic E-state index is 4.57. The normalized spacial score (nSPS) is 10.8. The number of pyridine rings is 1. The molecule has 5 heteroatoms. The van der Waals surface area contributed by atoms with E-state index < -0.39 is 0 Å². The van der Waals surface area contributed by atoms with Crippen LogP contribution in [-0.2, 0) is 6.54 Å². The number of H-pyrrole nitrogens is 1. The third-order valence-corrected chi connectivity index (χ3v) is 3.76. The van der Waals surface area contributed by atoms with Crippen LogP contribution in [0.5, 0.6) is 0 Å². The first kappa shape index (κ1) is 13.5. The minimum Gasteiger partial charge on any atom is -0.333 e. The standard InChI is InChI=1S/C18H15N5/c1-6-18(20-9-14(1)12-23-8-7-19-13-23)16-4-2-15(3-5-16)17-10-21-22-11-17/h1-11,13H,12H2,(H,21,22). The van der Waals surface area contributed by atoms with Crippen LogP contribution in [0.4, 0.5) is 0 Å². The quantitative estimate of drug-likeness (QED) is 0.628. The molecule has 112 valence electrons. The van der Waals surface area contributed by atoms with E-state index in [1.165, 1.54) is 0 Å². The number of nitrogens with zero attached hydrogens (tertiary/aromatic N) is 4. The van der Waals surface area contributed by atoms with Gasteiger partial charge in [0.05, 0.1) is 18.2 Å². The van der Waals surface area contributed by atoms with Crippen molar-refractivity contribution in [3.8, 4) is 22.4 Å². The fraction of sp³-hybridized carbons (Fsp3) is 0.0556. The van der Waals surface area contributed by atoms with E-state index in [0.29, 0.717) is 0 Å². The van der Waals surface area contributed by atoms with Crippen molar-refractivity contribution in [3.63, 3.8) is 0 Å². The monoisotopic (exact) mass is 301 g/mol. The van der Waals surface area contributed by atoms with Crippen LogP contribution >= 0.6 is 0 Å². The van der Waals surface area contributed by atoms with Gasteiger partial charge in [-0.3, -0.25) is 10.1 Å². The molecular formula is C18H15N5. The molecule has 0 saturated carbocycles. The van der Waals surface area contributed by atoms with Gasteiger partial charge in [0.1, 0.15) is 0 Å². The summed E-state index contributed by atoms with van der Waals surface area (Å²) in [4.78, 5) is 8.62. The Morgan fingerprint density at radius 2 is 1.78 bits per heavy atom. The van der Waals surface area contributed by atoms with Crippen LogP contribution in [0.25, 0.3) is 22.4 Å². The first-order chi connectivity index (χ1) is 11.4. The summed E-state index contributed by atoms with van der Waals surface area (Å²) in [7, 11) is 0. The van der Waals surface area contributed by atoms with Crippen molar-refractivity contribution in [1.29, 1.82) is 0 Å². The maximum Gasteiger partial charge on any atom is 0.0949 e. The fourth-order valence-corrected chi connectivity index (χ4v) is 2.52. The van der Waals surface area contributed by atoms with Gasteiger partial charge in [0.25, 0.3) is 0 Å². The predicted molar refractivity (Wildman–Crippen MR) is 88.6 cm³/mol. The van der Waals surface area contributed by atoms with Crippen LogP contribution in [-0.4, -0.2) is 24.7 Å². The average Bonchev–Trinajstić information content (AvgIpc) is 3.30. The minimum atomic E-state index is 0.784. The Kier molecular flexibility index (Phi) is 3.44. The summed E-state index contributed by atoms with van der Waals surface area (Å²) in [5.74, 6) is 0. The largest absolute Gasteiger partial charge is 0.333 e. The number of aromatic amines is 1. The zero-order valence-electron chi connectivity index (χ0n) is 12.4. The molecule has 3 aromatic heterocycles. The van der Waals surface area contributed by atoms with Gasteiger partial charge in [0.2, 0.25) is 0 Å². The first-order valence-electron chi connectivity index (χ1n) is 7.39. The zero-order chi connectivity index (χ0) is 15.5. The third kappa shape index (κ3) is 2.89. The van der Waals surface area contributed by atoms with Crippen molar-refractivity contribution >= 4 is 0 Å². The number of hydrogen-bond acceptors (Lipinski definition) is 3. The summed E-state index contributed by atoms with van der Waals surface area (Å²) in [5, 5.41) is 6.81. The Bertz CT molecular complexity index is 860. The Hall–Kier alpha value is -3.21. The van der Waals surface area contributed by atoms with Crippen LogP contribution in [0.1, 0.15) is 5.56 Å². The van der Waals surface area contributed by atoms with Gasteiger partial charge >= 0.3 is 0 Å². The molecule has 5 nitrogen and oxygen atoms in total. The molecule has 23 heavy (non-hydrogen) atoms. The van der Waals surface area contributed by atoms with Crippen molar-refractivity contribution in [1.82, 2.24) is 24.7 Å². The number of hydrogen-bond donors (Lipinski definition) is 1. The number of imidazole rings is 1. The molecule has 0 bridgehead atoms. The van der Waals surface area contributed by atoms with Crippen LogP contribution < -0.4 is 0 Å². The van der Waals surface area contributed by atoms with Gasteiger partial charge in [-0.2, -0.15) is 5.10 Å². The molecule has 0 radical (unpaired) electrons. The lowest BCUT2D eigenvalue weighted by Crippen LogP contribution is -1.97. The lowest BCUT2D eigenvalue weighted by Gasteiger charge is -2.05. The van der Waals surface area contributed by atoms with Gasteiger partial charge < -0.3 is 4.57 Å². The van der Waals surface area contributed by atoms with E-state index in [4.69, 9.17) is 0 Å². The summed E-state index contributed by atoms with van der Waals surface area (Å²) in [6.45, 7) is 0.784. The van der Waals surface area contributed by atoms with Gasteiger partial charge in [-0.15, -0.1) is 0 Å². The first-order valence-corrected chi connectivity index (χ1v) is 7.39. The molecule has 0 atom stereocenters. The highest BCUT2D eigenvalue weighted by Gasteiger charge is 2.03. The number of benzene rings is 1. The molecule has 0 amide bonds. The van der Waals surface area contributed by atoms with Gasteiger partial charge in [-0.05, 0) is 17.2 Å². The van der Waals surface area contributed by atoms with E-state index in [-0.39, 0.29) is 0 Å². The van der Waals surface area contributed by atoms with Crippen molar-refractivity contribution in [2.75, 3.05) is 0 Å². The van der Waals surface area contributed by atoms with Gasteiger partial charge in [-0.1, -0.05) is 30.3 Å². The Morgan fingerprint density at radius 3 is 2.43 bits per heavy atom. The van der Waals surface area contributed by atoms with Gasteiger partial charge in [0, 0.05) is 42.5 Å². The Labute approximate surface area is 133 Å². The summed E-state index contributed by atoms with van der Waals surface area (Å²) >= 11 is 0. The van der Waals surface area contributed by atoms with E-state index in [0.717, 1.165) is 34.5 Å². The van der Waals surface area contributed by atoms with Crippen LogP contribution in [0.15, 0.2) is 73.7 Å². The molecule has 0 aliphatic heterocycles. The van der Waals surface area contributed by atoms with Gasteiger partial charge in [0.15, 0.2) is 0 Å². The highest BCUT2D eigenvalue weighted by Crippen LogP contribution is 2.23. The predicted octanol–water partition coefficient (Wildman–Crippen LogP) is 3.38. The lowest BCUT2D eigenvalue weighted by molar-refractivity contribution is 0.793. The Morgan fingerprint density at radius 1 is 0.913 bits per heavy atom. The molecule has 0 unspecified atom stereocenters. The molecule has 0 aliphatic rings. The smallest absolute Gasteiger partial charge is 0.0949 e. The second kappa shape index (κ2) is 5.88. The molecule has 1 N–H and O–H groups in total. The van der Waals surface area contributed by atoms with E-state index in [1.54, 1.807) is 6.20 Å². The minimum absolute atomic E-state index is 0.784. The topological polar surface area (TPSA) is 59.4 Å². The van der Waals surface area contributed by atoms with Crippen molar-refractivity contribution in [2.24, 2.45) is 0 Å². The number of nitrogens with one attached hydrogen (secondary N) is 1. The molecule has 0 aliphatic carbocycles. The summed E-state index contributed by atoms with van der Waals surface area (Å²) in [6.07, 6.45) is 11.2. The number of rotatable bonds is 4. The molecule has 4 rings (SSSR count). The second-order valence-electron chi connectivity index (χ2n) is 5.35. The highest BCUT2D eigenvalue weighted by molar-refractivity contribution is 5.67. The van der Waals surface area contributed by atoms with E-state index in [2.05, 4.69) is 56.6 Å². The van der Waals surface area contributed by atoms with Crippen molar-refractivity contribution in [2.45, 2.75) is 6.54 Å². The molecule has 1 aromatic carbocycles. The molecule has 0 spiro atoms. The fourth-order valence-electron chi connectivity index (χ4n) is 2.52. The van der Waals surface area contributed by atoms with Crippen LogP contribution in [0, 0.1) is 0 Å². The average molecular weight is 301 g/mol. The van der Waals surface area contributed by atoms with Crippen molar-refractivity contribution in [3.05, 3.63) is 79.3 Å². The zero-order valence-corrected chi connectivity index (χ0v) is 12.4. The van der Waals surface area contributed by atoms with E-state index in [1.807, 2.05) is 35.7 Å². The van der Waals surface area contributed by atoms with Gasteiger partial charge in [-0.25, -0.2) is 4.98 Å². The van der Waals surface area contributed by atoms with Crippen LogP contribution in [0.2, 0.25) is 0 Å². The number of aromatic nitrogens is 5. The third-order valence-electron chi connectivity index (χ3n) is 3.76. The molecule has 0 saturated heterocycles. The molecule has 4 aromatic rings. The Balaban J connectivity index is 1.53. The lowest BCUT2D eigenvalue weighted by atomic mass is 10.0. The highest BCUT2D eigenvalue weighted by atomic mass is 15.1. The van der Waals surface area contributed by atoms with Crippen LogP contribution in [0.3, 0.4) is 0 Å². The van der Waals surface area contributed by atoms with E-state index in [9.17, 15) is 0 Å². The molecule has 3 heterocycles. The SMILES string of the molecule is c1cn(Cc2ccc(-c3ccc(-c4cn[nH]c4)cc3)nc2)cn1. The molecular weight excluding hydrogens is 286 g/mol.